The van der Waals surface area contributed by atoms with Gasteiger partial charge in [-0.2, -0.15) is 0 Å². The van der Waals surface area contributed by atoms with Crippen molar-refractivity contribution in [2.75, 3.05) is 0 Å². The van der Waals surface area contributed by atoms with Crippen molar-refractivity contribution in [2.24, 2.45) is 11.8 Å². The number of hydrogen-bond donors (Lipinski definition) is 1. The predicted molar refractivity (Wildman–Crippen MR) is 42.0 cm³/mol. The number of hydrogen-bond acceptors (Lipinski definition) is 1. The van der Waals surface area contributed by atoms with Crippen LogP contribution in [-0.4, -0.2) is 6.21 Å². The first-order chi connectivity index (χ1) is 4.20. The van der Waals surface area contributed by atoms with Crippen LogP contribution in [0, 0.1) is 17.2 Å². The first-order valence-corrected chi connectivity index (χ1v) is 3.71. The van der Waals surface area contributed by atoms with Crippen molar-refractivity contribution in [3.8, 4) is 0 Å². The zero-order valence-electron chi connectivity index (χ0n) is 6.65. The Morgan fingerprint density at radius 2 is 2.00 bits per heavy atom. The Balaban J connectivity index is 3.42. The normalized spacial score (nSPS) is 13.8. The van der Waals surface area contributed by atoms with E-state index in [0.717, 1.165) is 12.3 Å². The lowest BCUT2D eigenvalue weighted by Gasteiger charge is -2.10. The van der Waals surface area contributed by atoms with Gasteiger partial charge in [-0.05, 0) is 30.9 Å². The highest BCUT2D eigenvalue weighted by atomic mass is 14.3. The summed E-state index contributed by atoms with van der Waals surface area (Å²) in [6.45, 7) is 6.54. The molecule has 0 aliphatic carbocycles. The van der Waals surface area contributed by atoms with E-state index < -0.39 is 0 Å². The second-order valence-corrected chi connectivity index (χ2v) is 2.96. The van der Waals surface area contributed by atoms with Gasteiger partial charge in [-0.3, -0.25) is 0 Å². The Morgan fingerprint density at radius 1 is 1.44 bits per heavy atom. The molecule has 54 valence electrons. The molecular formula is C8H17N. The van der Waals surface area contributed by atoms with E-state index in [1.54, 1.807) is 6.21 Å². The van der Waals surface area contributed by atoms with Gasteiger partial charge in [0, 0.05) is 0 Å². The van der Waals surface area contributed by atoms with Gasteiger partial charge in [0.15, 0.2) is 0 Å². The molecule has 0 amide bonds. The van der Waals surface area contributed by atoms with Crippen molar-refractivity contribution in [1.29, 1.82) is 5.41 Å². The average molecular weight is 127 g/mol. The summed E-state index contributed by atoms with van der Waals surface area (Å²) in [6, 6.07) is 0. The number of nitrogens with one attached hydrogen (secondary N) is 1. The minimum Gasteiger partial charge on any atom is -0.313 e. The molecule has 0 saturated carbocycles. The minimum absolute atomic E-state index is 0.519. The van der Waals surface area contributed by atoms with Crippen LogP contribution in [0.2, 0.25) is 0 Å². The highest BCUT2D eigenvalue weighted by Gasteiger charge is 2.03. The van der Waals surface area contributed by atoms with Gasteiger partial charge in [-0.25, -0.2) is 0 Å². The smallest absolute Gasteiger partial charge is 0.00167 e. The van der Waals surface area contributed by atoms with Crippen LogP contribution in [0.25, 0.3) is 0 Å². The Kier molecular flexibility index (Phi) is 4.37. The highest BCUT2D eigenvalue weighted by Crippen LogP contribution is 2.11. The molecule has 9 heavy (non-hydrogen) atoms. The van der Waals surface area contributed by atoms with Gasteiger partial charge >= 0.3 is 0 Å². The summed E-state index contributed by atoms with van der Waals surface area (Å²) >= 11 is 0. The Hall–Kier alpha value is -0.330. The van der Waals surface area contributed by atoms with Gasteiger partial charge in [-0.15, -0.1) is 0 Å². The molecule has 0 fully saturated rings. The molecule has 1 nitrogen and oxygen atoms in total. The van der Waals surface area contributed by atoms with Gasteiger partial charge in [-0.1, -0.05) is 20.8 Å². The van der Waals surface area contributed by atoms with E-state index in [9.17, 15) is 0 Å². The highest BCUT2D eigenvalue weighted by molar-refractivity contribution is 5.56. The van der Waals surface area contributed by atoms with E-state index in [1.165, 1.54) is 6.42 Å². The largest absolute Gasteiger partial charge is 0.313 e. The maximum atomic E-state index is 7.03. The quantitative estimate of drug-likeness (QED) is 0.561. The molecule has 0 unspecified atom stereocenters. The molecule has 0 aromatic rings. The van der Waals surface area contributed by atoms with E-state index in [1.807, 2.05) is 0 Å². The van der Waals surface area contributed by atoms with Crippen LogP contribution in [-0.2, 0) is 0 Å². The molecule has 0 saturated heterocycles. The third-order valence-electron chi connectivity index (χ3n) is 1.53. The monoisotopic (exact) mass is 127 g/mol. The van der Waals surface area contributed by atoms with Gasteiger partial charge < -0.3 is 5.41 Å². The molecule has 0 aliphatic heterocycles. The summed E-state index contributed by atoms with van der Waals surface area (Å²) < 4.78 is 0. The molecule has 0 radical (unpaired) electrons. The summed E-state index contributed by atoms with van der Waals surface area (Å²) in [5, 5.41) is 7.03. The molecule has 0 aromatic carbocycles. The molecule has 0 aliphatic rings. The molecule has 0 bridgehead atoms. The maximum absolute atomic E-state index is 7.03. The fourth-order valence-corrected chi connectivity index (χ4v) is 0.958. The third-order valence-corrected chi connectivity index (χ3v) is 1.53. The zero-order valence-corrected chi connectivity index (χ0v) is 6.65. The van der Waals surface area contributed by atoms with Crippen molar-refractivity contribution >= 4 is 6.21 Å². The topological polar surface area (TPSA) is 23.9 Å². The third kappa shape index (κ3) is 4.19. The summed E-state index contributed by atoms with van der Waals surface area (Å²) in [5.41, 5.74) is 0. The Labute approximate surface area is 58.0 Å². The van der Waals surface area contributed by atoms with Gasteiger partial charge in [0.05, 0.1) is 0 Å². The van der Waals surface area contributed by atoms with Crippen molar-refractivity contribution in [1.82, 2.24) is 0 Å². The average Bonchev–Trinajstić information content (AvgIpc) is 1.82. The van der Waals surface area contributed by atoms with Crippen LogP contribution in [0.1, 0.15) is 33.6 Å². The lowest BCUT2D eigenvalue weighted by Crippen LogP contribution is -2.03. The SMILES string of the molecule is CC[C@H](C=N)CC(C)C. The standard InChI is InChI=1S/C8H17N/c1-4-8(6-9)5-7(2)3/h6-9H,4-5H2,1-3H3/t8-/m0/s1. The minimum atomic E-state index is 0.519. The molecule has 1 N–H and O–H groups in total. The first-order valence-electron chi connectivity index (χ1n) is 3.71. The van der Waals surface area contributed by atoms with E-state index in [0.29, 0.717) is 5.92 Å². The number of rotatable bonds is 4. The van der Waals surface area contributed by atoms with Gasteiger partial charge in [0.1, 0.15) is 0 Å². The van der Waals surface area contributed by atoms with Crippen molar-refractivity contribution < 1.29 is 0 Å². The van der Waals surface area contributed by atoms with Crippen molar-refractivity contribution in [3.63, 3.8) is 0 Å². The van der Waals surface area contributed by atoms with E-state index in [2.05, 4.69) is 20.8 Å². The summed E-state index contributed by atoms with van der Waals surface area (Å²) in [4.78, 5) is 0. The second-order valence-electron chi connectivity index (χ2n) is 2.96. The van der Waals surface area contributed by atoms with E-state index in [-0.39, 0.29) is 0 Å². The lowest BCUT2D eigenvalue weighted by molar-refractivity contribution is 0.491. The van der Waals surface area contributed by atoms with Gasteiger partial charge in [0.25, 0.3) is 0 Å². The molecule has 1 atom stereocenters. The summed E-state index contributed by atoms with van der Waals surface area (Å²) in [5.74, 6) is 1.25. The summed E-state index contributed by atoms with van der Waals surface area (Å²) in [7, 11) is 0. The maximum Gasteiger partial charge on any atom is -0.00167 e. The molecular weight excluding hydrogens is 110 g/mol. The zero-order chi connectivity index (χ0) is 7.28. The van der Waals surface area contributed by atoms with Crippen molar-refractivity contribution in [2.45, 2.75) is 33.6 Å². The van der Waals surface area contributed by atoms with Crippen molar-refractivity contribution in [3.05, 3.63) is 0 Å². The second kappa shape index (κ2) is 4.54. The fourth-order valence-electron chi connectivity index (χ4n) is 0.958. The molecule has 0 heterocycles. The van der Waals surface area contributed by atoms with Crippen LogP contribution in [0.15, 0.2) is 0 Å². The van der Waals surface area contributed by atoms with E-state index in [4.69, 9.17) is 5.41 Å². The molecule has 0 aromatic heterocycles. The molecule has 0 rings (SSSR count). The predicted octanol–water partition coefficient (Wildman–Crippen LogP) is 2.71. The van der Waals surface area contributed by atoms with Crippen LogP contribution >= 0.6 is 0 Å². The van der Waals surface area contributed by atoms with Crippen LogP contribution in [0.5, 0.6) is 0 Å². The molecule has 0 spiro atoms. The Morgan fingerprint density at radius 3 is 2.11 bits per heavy atom. The fraction of sp³-hybridized carbons (Fsp3) is 0.875. The van der Waals surface area contributed by atoms with Crippen LogP contribution in [0.4, 0.5) is 0 Å². The molecule has 1 heteroatoms. The first kappa shape index (κ1) is 8.67. The van der Waals surface area contributed by atoms with E-state index >= 15 is 0 Å². The summed E-state index contributed by atoms with van der Waals surface area (Å²) in [6.07, 6.45) is 3.85. The Bertz CT molecular complexity index is 76.6. The lowest BCUT2D eigenvalue weighted by atomic mass is 9.96. The van der Waals surface area contributed by atoms with Crippen LogP contribution in [0.3, 0.4) is 0 Å². The van der Waals surface area contributed by atoms with Gasteiger partial charge in [0.2, 0.25) is 0 Å². The van der Waals surface area contributed by atoms with Crippen LogP contribution < -0.4 is 0 Å².